The fraction of sp³-hybridized carbons (Fsp3) is 0.500. The lowest BCUT2D eigenvalue weighted by atomic mass is 10.2. The van der Waals surface area contributed by atoms with Crippen LogP contribution in [0.25, 0.3) is 0 Å². The van der Waals surface area contributed by atoms with Gasteiger partial charge in [-0.1, -0.05) is 0 Å². The highest BCUT2D eigenvalue weighted by atomic mass is 32.2. The monoisotopic (exact) mass is 270 g/mol. The maximum atomic E-state index is 12.2. The van der Waals surface area contributed by atoms with Crippen LogP contribution < -0.4 is 14.8 Å². The second kappa shape index (κ2) is 5.26. The Morgan fingerprint density at radius 1 is 1.44 bits per heavy atom. The zero-order valence-corrected chi connectivity index (χ0v) is 11.4. The molecule has 2 N–H and O–H groups in total. The molecule has 1 aliphatic rings. The summed E-state index contributed by atoms with van der Waals surface area (Å²) < 4.78 is 32.1. The minimum absolute atomic E-state index is 0.0163. The standard InChI is InChI=1S/C12H18N2O3S/c1-9-7-11(3-4-12(9)17-2)18(15,16)14-10-5-6-13-8-10/h3-4,7,10,13-14H,5-6,8H2,1-2H3/t10-/m0/s1. The van der Waals surface area contributed by atoms with Gasteiger partial charge in [0.25, 0.3) is 0 Å². The molecule has 0 bridgehead atoms. The van der Waals surface area contributed by atoms with Gasteiger partial charge in [-0.3, -0.25) is 0 Å². The molecule has 5 nitrogen and oxygen atoms in total. The lowest BCUT2D eigenvalue weighted by Crippen LogP contribution is -2.36. The molecule has 100 valence electrons. The molecule has 0 saturated carbocycles. The Balaban J connectivity index is 2.21. The molecule has 1 heterocycles. The van der Waals surface area contributed by atoms with E-state index in [-0.39, 0.29) is 10.9 Å². The van der Waals surface area contributed by atoms with Crippen molar-refractivity contribution < 1.29 is 13.2 Å². The summed E-state index contributed by atoms with van der Waals surface area (Å²) in [5.74, 6) is 0.691. The Morgan fingerprint density at radius 2 is 2.22 bits per heavy atom. The minimum atomic E-state index is -3.44. The van der Waals surface area contributed by atoms with Crippen LogP contribution in [0.2, 0.25) is 0 Å². The summed E-state index contributed by atoms with van der Waals surface area (Å²) in [4.78, 5) is 0.285. The Bertz CT molecular complexity index is 522. The van der Waals surface area contributed by atoms with Crippen molar-refractivity contribution in [3.63, 3.8) is 0 Å². The maximum absolute atomic E-state index is 12.2. The van der Waals surface area contributed by atoms with Crippen molar-refractivity contribution in [3.8, 4) is 5.75 Å². The van der Waals surface area contributed by atoms with Crippen LogP contribution in [0.1, 0.15) is 12.0 Å². The lowest BCUT2D eigenvalue weighted by molar-refractivity contribution is 0.411. The predicted octanol–water partition coefficient (Wildman–Crippen LogP) is 0.644. The maximum Gasteiger partial charge on any atom is 0.240 e. The van der Waals surface area contributed by atoms with Crippen LogP contribution in [0.5, 0.6) is 5.75 Å². The number of nitrogens with one attached hydrogen (secondary N) is 2. The van der Waals surface area contributed by atoms with Gasteiger partial charge in [0.15, 0.2) is 0 Å². The van der Waals surface area contributed by atoms with E-state index in [4.69, 9.17) is 4.74 Å². The number of aryl methyl sites for hydroxylation is 1. The first-order valence-corrected chi connectivity index (χ1v) is 7.39. The average Bonchev–Trinajstić information content (AvgIpc) is 2.81. The fourth-order valence-corrected chi connectivity index (χ4v) is 3.42. The molecule has 0 unspecified atom stereocenters. The van der Waals surface area contributed by atoms with E-state index in [1.807, 2.05) is 6.92 Å². The zero-order chi connectivity index (χ0) is 13.2. The molecular formula is C12H18N2O3S. The first-order valence-electron chi connectivity index (χ1n) is 5.90. The topological polar surface area (TPSA) is 67.4 Å². The van der Waals surface area contributed by atoms with Crippen LogP contribution in [-0.4, -0.2) is 34.7 Å². The molecule has 2 rings (SSSR count). The molecule has 0 radical (unpaired) electrons. The van der Waals surface area contributed by atoms with Gasteiger partial charge >= 0.3 is 0 Å². The van der Waals surface area contributed by atoms with E-state index < -0.39 is 10.0 Å². The number of hydrogen-bond acceptors (Lipinski definition) is 4. The van der Waals surface area contributed by atoms with Gasteiger partial charge in [-0.05, 0) is 43.7 Å². The van der Waals surface area contributed by atoms with E-state index in [1.54, 1.807) is 25.3 Å². The molecule has 0 aromatic heterocycles. The van der Waals surface area contributed by atoms with Crippen LogP contribution in [0, 0.1) is 6.92 Å². The van der Waals surface area contributed by atoms with Crippen LogP contribution >= 0.6 is 0 Å². The number of rotatable bonds is 4. The van der Waals surface area contributed by atoms with Crippen LogP contribution in [0.4, 0.5) is 0 Å². The Labute approximate surface area is 108 Å². The molecule has 1 saturated heterocycles. The van der Waals surface area contributed by atoms with Crippen molar-refractivity contribution in [2.24, 2.45) is 0 Å². The highest BCUT2D eigenvalue weighted by Gasteiger charge is 2.22. The van der Waals surface area contributed by atoms with E-state index in [9.17, 15) is 8.42 Å². The molecule has 1 aromatic carbocycles. The van der Waals surface area contributed by atoms with Crippen molar-refractivity contribution in [1.29, 1.82) is 0 Å². The summed E-state index contributed by atoms with van der Waals surface area (Å²) >= 11 is 0. The second-order valence-electron chi connectivity index (χ2n) is 4.44. The molecular weight excluding hydrogens is 252 g/mol. The Hall–Kier alpha value is -1.11. The van der Waals surface area contributed by atoms with Crippen LogP contribution in [-0.2, 0) is 10.0 Å². The van der Waals surface area contributed by atoms with Crippen molar-refractivity contribution in [3.05, 3.63) is 23.8 Å². The molecule has 1 aliphatic heterocycles. The average molecular weight is 270 g/mol. The van der Waals surface area contributed by atoms with E-state index in [0.717, 1.165) is 18.5 Å². The molecule has 0 aliphatic carbocycles. The third kappa shape index (κ3) is 2.82. The zero-order valence-electron chi connectivity index (χ0n) is 10.6. The van der Waals surface area contributed by atoms with E-state index in [0.29, 0.717) is 12.3 Å². The summed E-state index contributed by atoms with van der Waals surface area (Å²) in [6.07, 6.45) is 0.828. The number of hydrogen-bond donors (Lipinski definition) is 2. The predicted molar refractivity (Wildman–Crippen MR) is 69.3 cm³/mol. The highest BCUT2D eigenvalue weighted by Crippen LogP contribution is 2.21. The molecule has 1 atom stereocenters. The van der Waals surface area contributed by atoms with Gasteiger partial charge in [0.2, 0.25) is 10.0 Å². The molecule has 1 aromatic rings. The number of ether oxygens (including phenoxy) is 1. The minimum Gasteiger partial charge on any atom is -0.496 e. The van der Waals surface area contributed by atoms with Crippen molar-refractivity contribution in [1.82, 2.24) is 10.0 Å². The van der Waals surface area contributed by atoms with Crippen molar-refractivity contribution in [2.45, 2.75) is 24.3 Å². The van der Waals surface area contributed by atoms with Crippen molar-refractivity contribution in [2.75, 3.05) is 20.2 Å². The van der Waals surface area contributed by atoms with Gasteiger partial charge in [-0.2, -0.15) is 0 Å². The quantitative estimate of drug-likeness (QED) is 0.843. The third-order valence-electron chi connectivity index (χ3n) is 3.06. The highest BCUT2D eigenvalue weighted by molar-refractivity contribution is 7.89. The molecule has 1 fully saturated rings. The first-order chi connectivity index (χ1) is 8.53. The summed E-state index contributed by atoms with van der Waals surface area (Å²) in [6, 6.07) is 4.86. The molecule has 0 amide bonds. The fourth-order valence-electron chi connectivity index (χ4n) is 2.06. The summed E-state index contributed by atoms with van der Waals surface area (Å²) in [6.45, 7) is 3.37. The van der Waals surface area contributed by atoms with Gasteiger partial charge < -0.3 is 10.1 Å². The Morgan fingerprint density at radius 3 is 2.78 bits per heavy atom. The lowest BCUT2D eigenvalue weighted by Gasteiger charge is -2.13. The van der Waals surface area contributed by atoms with E-state index >= 15 is 0 Å². The SMILES string of the molecule is COc1ccc(S(=O)(=O)N[C@H]2CCNC2)cc1C. The summed E-state index contributed by atoms with van der Waals surface area (Å²) in [7, 11) is -1.87. The summed E-state index contributed by atoms with van der Waals surface area (Å²) in [5.41, 5.74) is 0.810. The summed E-state index contributed by atoms with van der Waals surface area (Å²) in [5, 5.41) is 3.13. The van der Waals surface area contributed by atoms with Crippen LogP contribution in [0.3, 0.4) is 0 Å². The first kappa shape index (κ1) is 13.3. The number of benzene rings is 1. The largest absolute Gasteiger partial charge is 0.496 e. The van der Waals surface area contributed by atoms with E-state index in [2.05, 4.69) is 10.0 Å². The molecule has 18 heavy (non-hydrogen) atoms. The van der Waals surface area contributed by atoms with Gasteiger partial charge in [-0.25, -0.2) is 13.1 Å². The van der Waals surface area contributed by atoms with Crippen molar-refractivity contribution >= 4 is 10.0 Å². The molecule has 0 spiro atoms. The van der Waals surface area contributed by atoms with Crippen LogP contribution in [0.15, 0.2) is 23.1 Å². The molecule has 6 heteroatoms. The number of methoxy groups -OCH3 is 1. The van der Waals surface area contributed by atoms with Gasteiger partial charge in [0.1, 0.15) is 5.75 Å². The number of sulfonamides is 1. The third-order valence-corrected chi connectivity index (χ3v) is 4.58. The van der Waals surface area contributed by atoms with Gasteiger partial charge in [0.05, 0.1) is 12.0 Å². The Kier molecular flexibility index (Phi) is 3.89. The smallest absolute Gasteiger partial charge is 0.240 e. The second-order valence-corrected chi connectivity index (χ2v) is 6.16. The van der Waals surface area contributed by atoms with E-state index in [1.165, 1.54) is 0 Å². The van der Waals surface area contributed by atoms with Gasteiger partial charge in [0, 0.05) is 12.6 Å². The van der Waals surface area contributed by atoms with Gasteiger partial charge in [-0.15, -0.1) is 0 Å². The normalized spacial score (nSPS) is 20.0.